The molecule has 104 valence electrons. The van der Waals surface area contributed by atoms with Crippen LogP contribution in [0.1, 0.15) is 60.1 Å². The Morgan fingerprint density at radius 3 is 2.89 bits per heavy atom. The van der Waals surface area contributed by atoms with Crippen LogP contribution in [0.3, 0.4) is 0 Å². The summed E-state index contributed by atoms with van der Waals surface area (Å²) in [5.74, 6) is 0.675. The van der Waals surface area contributed by atoms with E-state index in [0.717, 1.165) is 42.2 Å². The lowest BCUT2D eigenvalue weighted by molar-refractivity contribution is 0.0958. The van der Waals surface area contributed by atoms with Crippen LogP contribution in [0.2, 0.25) is 0 Å². The van der Waals surface area contributed by atoms with Crippen LogP contribution < -0.4 is 5.43 Å². The molecule has 0 aliphatic heterocycles. The van der Waals surface area contributed by atoms with Crippen molar-refractivity contribution in [2.45, 2.75) is 52.9 Å². The van der Waals surface area contributed by atoms with E-state index in [-0.39, 0.29) is 5.91 Å². The first kappa shape index (κ1) is 14.3. The molecule has 0 saturated carbocycles. The van der Waals surface area contributed by atoms with Crippen molar-refractivity contribution in [3.8, 4) is 0 Å². The fraction of sp³-hybridized carbons (Fsp3) is 0.600. The second kappa shape index (κ2) is 6.33. The molecule has 3 nitrogen and oxygen atoms in total. The first-order valence-electron chi connectivity index (χ1n) is 7.11. The molecule has 0 spiro atoms. The summed E-state index contributed by atoms with van der Waals surface area (Å²) in [6.45, 7) is 6.39. The monoisotopic (exact) mass is 278 g/mol. The molecule has 0 unspecified atom stereocenters. The number of carbonyl (C=O) groups excluding carboxylic acids is 1. The standard InChI is InChI=1S/C15H22N2OS/c1-4-12(5-2)16-17-15(18)14-9-11-8-10(3)6-7-13(11)19-14/h9-10H,4-8H2,1-3H3,(H,17,18)/t10-/m0/s1. The van der Waals surface area contributed by atoms with E-state index in [1.165, 1.54) is 16.9 Å². The van der Waals surface area contributed by atoms with E-state index in [1.807, 2.05) is 0 Å². The minimum absolute atomic E-state index is 0.0635. The summed E-state index contributed by atoms with van der Waals surface area (Å²) in [6, 6.07) is 2.05. The van der Waals surface area contributed by atoms with E-state index >= 15 is 0 Å². The van der Waals surface area contributed by atoms with Gasteiger partial charge in [0, 0.05) is 10.6 Å². The van der Waals surface area contributed by atoms with Gasteiger partial charge in [0.1, 0.15) is 0 Å². The quantitative estimate of drug-likeness (QED) is 0.661. The highest BCUT2D eigenvalue weighted by atomic mass is 32.1. The minimum Gasteiger partial charge on any atom is -0.266 e. The Hall–Kier alpha value is -1.16. The number of hydrogen-bond acceptors (Lipinski definition) is 3. The predicted molar refractivity (Wildman–Crippen MR) is 81.0 cm³/mol. The molecule has 0 bridgehead atoms. The molecule has 19 heavy (non-hydrogen) atoms. The second-order valence-corrected chi connectivity index (χ2v) is 6.37. The van der Waals surface area contributed by atoms with E-state index in [4.69, 9.17) is 0 Å². The van der Waals surface area contributed by atoms with Crippen molar-refractivity contribution in [3.63, 3.8) is 0 Å². The Bertz CT molecular complexity index is 484. The number of nitrogens with one attached hydrogen (secondary N) is 1. The van der Waals surface area contributed by atoms with Gasteiger partial charge in [-0.15, -0.1) is 11.3 Å². The van der Waals surface area contributed by atoms with Crippen LogP contribution in [-0.4, -0.2) is 11.6 Å². The van der Waals surface area contributed by atoms with Gasteiger partial charge in [-0.3, -0.25) is 4.79 Å². The number of rotatable bonds is 4. The third kappa shape index (κ3) is 3.44. The normalized spacial score (nSPS) is 17.7. The third-order valence-corrected chi connectivity index (χ3v) is 4.92. The van der Waals surface area contributed by atoms with E-state index in [1.54, 1.807) is 11.3 Å². The maximum atomic E-state index is 12.1. The Morgan fingerprint density at radius 1 is 1.47 bits per heavy atom. The summed E-state index contributed by atoms with van der Waals surface area (Å²) >= 11 is 1.63. The molecule has 0 aromatic carbocycles. The van der Waals surface area contributed by atoms with Crippen molar-refractivity contribution < 1.29 is 4.79 Å². The van der Waals surface area contributed by atoms with Crippen LogP contribution in [-0.2, 0) is 12.8 Å². The molecule has 1 aromatic rings. The highest BCUT2D eigenvalue weighted by Gasteiger charge is 2.20. The number of nitrogens with zero attached hydrogens (tertiary/aromatic N) is 1. The number of hydrazone groups is 1. The van der Waals surface area contributed by atoms with Crippen LogP contribution in [0.5, 0.6) is 0 Å². The Balaban J connectivity index is 2.06. The van der Waals surface area contributed by atoms with Gasteiger partial charge < -0.3 is 0 Å². The van der Waals surface area contributed by atoms with Crippen LogP contribution >= 0.6 is 11.3 Å². The van der Waals surface area contributed by atoms with Gasteiger partial charge in [-0.05, 0) is 49.7 Å². The number of fused-ring (bicyclic) bond motifs is 1. The molecule has 2 rings (SSSR count). The summed E-state index contributed by atoms with van der Waals surface area (Å²) in [5.41, 5.74) is 5.08. The number of thiophene rings is 1. The summed E-state index contributed by atoms with van der Waals surface area (Å²) in [5, 5.41) is 4.18. The number of hydrogen-bond donors (Lipinski definition) is 1. The van der Waals surface area contributed by atoms with Crippen molar-refractivity contribution in [1.29, 1.82) is 0 Å². The molecule has 0 saturated heterocycles. The number of carbonyl (C=O) groups is 1. The van der Waals surface area contributed by atoms with Crippen molar-refractivity contribution in [1.82, 2.24) is 5.43 Å². The zero-order valence-electron chi connectivity index (χ0n) is 12.0. The number of aryl methyl sites for hydroxylation is 1. The van der Waals surface area contributed by atoms with Gasteiger partial charge in [-0.1, -0.05) is 20.8 Å². The van der Waals surface area contributed by atoms with Gasteiger partial charge in [0.25, 0.3) is 5.91 Å². The summed E-state index contributed by atoms with van der Waals surface area (Å²) in [6.07, 6.45) is 5.23. The van der Waals surface area contributed by atoms with Gasteiger partial charge in [0.2, 0.25) is 0 Å². The zero-order chi connectivity index (χ0) is 13.8. The Morgan fingerprint density at radius 2 is 2.21 bits per heavy atom. The molecule has 4 heteroatoms. The van der Waals surface area contributed by atoms with Crippen LogP contribution in [0.4, 0.5) is 0 Å². The maximum absolute atomic E-state index is 12.1. The van der Waals surface area contributed by atoms with Crippen LogP contribution in [0.25, 0.3) is 0 Å². The lowest BCUT2D eigenvalue weighted by Crippen LogP contribution is -2.18. The largest absolute Gasteiger partial charge is 0.281 e. The fourth-order valence-corrected chi connectivity index (χ4v) is 3.51. The first-order valence-corrected chi connectivity index (χ1v) is 7.93. The summed E-state index contributed by atoms with van der Waals surface area (Å²) in [7, 11) is 0. The molecular weight excluding hydrogens is 256 g/mol. The lowest BCUT2D eigenvalue weighted by Gasteiger charge is -2.16. The molecule has 1 aromatic heterocycles. The Kier molecular flexibility index (Phi) is 4.75. The van der Waals surface area contributed by atoms with Gasteiger partial charge >= 0.3 is 0 Å². The zero-order valence-corrected chi connectivity index (χ0v) is 12.8. The molecule has 1 atom stereocenters. The van der Waals surface area contributed by atoms with Crippen molar-refractivity contribution >= 4 is 23.0 Å². The highest BCUT2D eigenvalue weighted by Crippen LogP contribution is 2.32. The van der Waals surface area contributed by atoms with Gasteiger partial charge in [0.15, 0.2) is 0 Å². The van der Waals surface area contributed by atoms with E-state index < -0.39 is 0 Å². The van der Waals surface area contributed by atoms with Gasteiger partial charge in [0.05, 0.1) is 4.88 Å². The van der Waals surface area contributed by atoms with Crippen LogP contribution in [0.15, 0.2) is 11.2 Å². The van der Waals surface area contributed by atoms with Crippen molar-refractivity contribution in [3.05, 3.63) is 21.4 Å². The molecular formula is C15H22N2OS. The number of amides is 1. The smallest absolute Gasteiger partial charge is 0.266 e. The molecule has 1 aliphatic rings. The Labute approximate surface area is 119 Å². The maximum Gasteiger partial charge on any atom is 0.281 e. The summed E-state index contributed by atoms with van der Waals surface area (Å²) < 4.78 is 0. The molecule has 0 radical (unpaired) electrons. The summed E-state index contributed by atoms with van der Waals surface area (Å²) in [4.78, 5) is 14.3. The third-order valence-electron chi connectivity index (χ3n) is 3.68. The second-order valence-electron chi connectivity index (χ2n) is 5.23. The molecule has 0 fully saturated rings. The van der Waals surface area contributed by atoms with E-state index in [0.29, 0.717) is 0 Å². The predicted octanol–water partition coefficient (Wildman–Crippen LogP) is 3.78. The highest BCUT2D eigenvalue weighted by molar-refractivity contribution is 7.14. The van der Waals surface area contributed by atoms with Gasteiger partial charge in [-0.25, -0.2) is 5.43 Å². The fourth-order valence-electron chi connectivity index (χ4n) is 2.41. The van der Waals surface area contributed by atoms with E-state index in [9.17, 15) is 4.79 Å². The average molecular weight is 278 g/mol. The van der Waals surface area contributed by atoms with Crippen LogP contribution in [0, 0.1) is 5.92 Å². The van der Waals surface area contributed by atoms with Gasteiger partial charge in [-0.2, -0.15) is 5.10 Å². The molecule has 1 N–H and O–H groups in total. The minimum atomic E-state index is -0.0635. The molecule has 1 heterocycles. The van der Waals surface area contributed by atoms with Crippen molar-refractivity contribution in [2.75, 3.05) is 0 Å². The topological polar surface area (TPSA) is 41.5 Å². The van der Waals surface area contributed by atoms with E-state index in [2.05, 4.69) is 37.4 Å². The molecule has 1 amide bonds. The molecule has 1 aliphatic carbocycles. The average Bonchev–Trinajstić information content (AvgIpc) is 2.82. The lowest BCUT2D eigenvalue weighted by atomic mass is 9.90. The first-order chi connectivity index (χ1) is 9.13. The van der Waals surface area contributed by atoms with Crippen molar-refractivity contribution in [2.24, 2.45) is 11.0 Å². The SMILES string of the molecule is CCC(CC)=NNC(=O)c1cc2c(s1)CC[C@H](C)C2.